The Morgan fingerprint density at radius 2 is 1.12 bits per heavy atom. The Kier molecular flexibility index (Phi) is 6.64. The first-order chi connectivity index (χ1) is 25.4. The minimum atomic E-state index is -0.120. The molecule has 4 heteroatoms. The lowest BCUT2D eigenvalue weighted by Gasteiger charge is -2.22. The van der Waals surface area contributed by atoms with Crippen LogP contribution in [0.2, 0.25) is 0 Å². The molecule has 0 aliphatic heterocycles. The fourth-order valence-corrected chi connectivity index (χ4v) is 8.34. The average molecular weight is 667 g/mol. The quantitative estimate of drug-likeness (QED) is 0.110. The van der Waals surface area contributed by atoms with Gasteiger partial charge in [-0.05, 0) is 90.0 Å². The normalized spacial score (nSPS) is 13.5. The maximum Gasteiger partial charge on any atom is 0.229 e. The van der Waals surface area contributed by atoms with E-state index >= 15 is 0 Å². The molecular formula is C48H34N4. The Morgan fingerprint density at radius 3 is 1.88 bits per heavy atom. The van der Waals surface area contributed by atoms with Crippen LogP contribution in [0.15, 0.2) is 163 Å². The van der Waals surface area contributed by atoms with E-state index in [1.54, 1.807) is 0 Å². The van der Waals surface area contributed by atoms with Crippen LogP contribution in [0.3, 0.4) is 0 Å². The summed E-state index contributed by atoms with van der Waals surface area (Å²) in [5.41, 5.74) is 11.2. The lowest BCUT2D eigenvalue weighted by Crippen LogP contribution is -2.17. The summed E-state index contributed by atoms with van der Waals surface area (Å²) in [4.78, 5) is 13.2. The molecule has 0 spiro atoms. The molecule has 0 saturated heterocycles. The summed E-state index contributed by atoms with van der Waals surface area (Å²) in [6, 6.07) is 55.7. The van der Waals surface area contributed by atoms with Gasteiger partial charge < -0.3 is 4.98 Å². The molecule has 52 heavy (non-hydrogen) atoms. The SMILES string of the molecule is CC1(C)c2ccccc2-c2ccc(-c3n/c(=N/C(=N)c4cccc(-c5ccc6c7ccccc7c7ccccc7c6c5)c4)[nH]c4ccccc34)cc21. The number of H-pyrrole nitrogens is 1. The second kappa shape index (κ2) is 11.4. The number of amidine groups is 1. The summed E-state index contributed by atoms with van der Waals surface area (Å²) in [5.74, 6) is 0.148. The van der Waals surface area contributed by atoms with Gasteiger partial charge in [-0.2, -0.15) is 4.99 Å². The van der Waals surface area contributed by atoms with E-state index < -0.39 is 0 Å². The molecule has 4 nitrogen and oxygen atoms in total. The van der Waals surface area contributed by atoms with Crippen molar-refractivity contribution in [2.75, 3.05) is 0 Å². The van der Waals surface area contributed by atoms with E-state index in [0.29, 0.717) is 5.62 Å². The van der Waals surface area contributed by atoms with Gasteiger partial charge in [0, 0.05) is 21.9 Å². The summed E-state index contributed by atoms with van der Waals surface area (Å²) in [6.07, 6.45) is 0. The van der Waals surface area contributed by atoms with E-state index in [2.05, 4.69) is 146 Å². The highest BCUT2D eigenvalue weighted by atomic mass is 15.0. The summed E-state index contributed by atoms with van der Waals surface area (Å²) >= 11 is 0. The van der Waals surface area contributed by atoms with E-state index in [0.717, 1.165) is 38.9 Å². The van der Waals surface area contributed by atoms with Crippen molar-refractivity contribution in [1.29, 1.82) is 5.41 Å². The van der Waals surface area contributed by atoms with Crippen LogP contribution in [0, 0.1) is 5.41 Å². The van der Waals surface area contributed by atoms with Crippen LogP contribution in [0.25, 0.3) is 76.7 Å². The predicted molar refractivity (Wildman–Crippen MR) is 216 cm³/mol. The van der Waals surface area contributed by atoms with E-state index in [-0.39, 0.29) is 11.3 Å². The second-order valence-electron chi connectivity index (χ2n) is 14.3. The third-order valence-electron chi connectivity index (χ3n) is 10.9. The minimum Gasteiger partial charge on any atom is -0.323 e. The number of fused-ring (bicyclic) bond motifs is 10. The van der Waals surface area contributed by atoms with Crippen molar-refractivity contribution in [2.45, 2.75) is 19.3 Å². The zero-order valence-corrected chi connectivity index (χ0v) is 28.9. The molecule has 0 bridgehead atoms. The fraction of sp³-hybridized carbons (Fsp3) is 0.0625. The predicted octanol–water partition coefficient (Wildman–Crippen LogP) is 11.6. The number of nitrogens with zero attached hydrogens (tertiary/aromatic N) is 2. The lowest BCUT2D eigenvalue weighted by molar-refractivity contribution is 0.660. The van der Waals surface area contributed by atoms with Crippen molar-refractivity contribution in [3.8, 4) is 33.5 Å². The van der Waals surface area contributed by atoms with Gasteiger partial charge in [-0.25, -0.2) is 4.98 Å². The topological polar surface area (TPSA) is 64.9 Å². The Hall–Kier alpha value is -6.65. The summed E-state index contributed by atoms with van der Waals surface area (Å²) in [7, 11) is 0. The number of benzene rings is 8. The maximum absolute atomic E-state index is 9.14. The highest BCUT2D eigenvalue weighted by Crippen LogP contribution is 2.49. The van der Waals surface area contributed by atoms with Gasteiger partial charge in [0.15, 0.2) is 5.84 Å². The maximum atomic E-state index is 9.14. The van der Waals surface area contributed by atoms with Gasteiger partial charge in [0.25, 0.3) is 0 Å². The van der Waals surface area contributed by atoms with Crippen molar-refractivity contribution in [3.63, 3.8) is 0 Å². The molecule has 1 heterocycles. The van der Waals surface area contributed by atoms with Gasteiger partial charge in [0.05, 0.1) is 11.2 Å². The second-order valence-corrected chi connectivity index (χ2v) is 14.3. The number of aromatic amines is 1. The van der Waals surface area contributed by atoms with Crippen molar-refractivity contribution in [3.05, 3.63) is 180 Å². The van der Waals surface area contributed by atoms with Crippen molar-refractivity contribution >= 4 is 49.1 Å². The molecule has 10 rings (SSSR count). The first-order valence-corrected chi connectivity index (χ1v) is 17.8. The van der Waals surface area contributed by atoms with Crippen LogP contribution in [-0.4, -0.2) is 15.8 Å². The van der Waals surface area contributed by atoms with Gasteiger partial charge >= 0.3 is 0 Å². The van der Waals surface area contributed by atoms with E-state index in [1.807, 2.05) is 30.3 Å². The molecule has 246 valence electrons. The van der Waals surface area contributed by atoms with Gasteiger partial charge in [-0.3, -0.25) is 5.41 Å². The van der Waals surface area contributed by atoms with Gasteiger partial charge in [-0.1, -0.05) is 147 Å². The van der Waals surface area contributed by atoms with Gasteiger partial charge in [-0.15, -0.1) is 0 Å². The number of hydrogen-bond acceptors (Lipinski definition) is 2. The molecule has 0 amide bonds. The molecule has 0 atom stereocenters. The highest BCUT2D eigenvalue weighted by Gasteiger charge is 2.35. The van der Waals surface area contributed by atoms with Crippen molar-refractivity contribution in [1.82, 2.24) is 9.97 Å². The molecule has 8 aromatic carbocycles. The number of rotatable bonds is 3. The number of aromatic nitrogens is 2. The van der Waals surface area contributed by atoms with Crippen molar-refractivity contribution in [2.24, 2.45) is 4.99 Å². The molecule has 0 saturated carbocycles. The Morgan fingerprint density at radius 1 is 0.519 bits per heavy atom. The first-order valence-electron chi connectivity index (χ1n) is 17.8. The standard InChI is InChI=1S/C48H34N4/c1-48(2)42-20-9-7-18-38(42)39-25-23-31(28-43(39)48)45-40-19-8-10-21-44(40)50-47(51-45)52-46(49)32-13-11-12-29(26-32)30-22-24-37-35-16-4-3-14-33(35)34-15-5-6-17-36(34)41(37)27-30/h3-28H,1-2H3,(H2,49,50,51,52). The van der Waals surface area contributed by atoms with E-state index in [4.69, 9.17) is 15.4 Å². The van der Waals surface area contributed by atoms with Crippen LogP contribution < -0.4 is 5.62 Å². The Balaban J connectivity index is 1.06. The number of para-hydroxylation sites is 1. The largest absolute Gasteiger partial charge is 0.323 e. The minimum absolute atomic E-state index is 0.120. The fourth-order valence-electron chi connectivity index (χ4n) is 8.34. The number of nitrogens with one attached hydrogen (secondary N) is 2. The van der Waals surface area contributed by atoms with Crippen molar-refractivity contribution < 1.29 is 0 Å². The van der Waals surface area contributed by atoms with Crippen LogP contribution in [0.1, 0.15) is 30.5 Å². The Bertz CT molecular complexity index is 2980. The molecule has 0 unspecified atom stereocenters. The molecule has 9 aromatic rings. The highest BCUT2D eigenvalue weighted by molar-refractivity contribution is 6.25. The third-order valence-corrected chi connectivity index (χ3v) is 10.9. The van der Waals surface area contributed by atoms with E-state index in [1.165, 1.54) is 54.6 Å². The van der Waals surface area contributed by atoms with Crippen LogP contribution >= 0.6 is 0 Å². The Labute approximate surface area is 301 Å². The third kappa shape index (κ3) is 4.65. The summed E-state index contributed by atoms with van der Waals surface area (Å²) in [5, 5.41) is 17.6. The van der Waals surface area contributed by atoms with Crippen LogP contribution in [-0.2, 0) is 5.41 Å². The monoisotopic (exact) mass is 666 g/mol. The molecule has 1 aliphatic carbocycles. The zero-order chi connectivity index (χ0) is 35.0. The molecule has 2 N–H and O–H groups in total. The molecular weight excluding hydrogens is 633 g/mol. The number of hydrogen-bond donors (Lipinski definition) is 2. The van der Waals surface area contributed by atoms with Crippen LogP contribution in [0.5, 0.6) is 0 Å². The van der Waals surface area contributed by atoms with Gasteiger partial charge in [0.2, 0.25) is 5.62 Å². The molecule has 1 aromatic heterocycles. The molecule has 0 radical (unpaired) electrons. The molecule has 1 aliphatic rings. The van der Waals surface area contributed by atoms with E-state index in [9.17, 15) is 0 Å². The summed E-state index contributed by atoms with van der Waals surface area (Å²) in [6.45, 7) is 4.59. The van der Waals surface area contributed by atoms with Crippen LogP contribution in [0.4, 0.5) is 0 Å². The zero-order valence-electron chi connectivity index (χ0n) is 28.9. The first kappa shape index (κ1) is 30.2. The summed E-state index contributed by atoms with van der Waals surface area (Å²) < 4.78 is 0. The smallest absolute Gasteiger partial charge is 0.229 e. The average Bonchev–Trinajstić information content (AvgIpc) is 3.43. The lowest BCUT2D eigenvalue weighted by atomic mass is 9.82. The molecule has 0 fully saturated rings. The van der Waals surface area contributed by atoms with Gasteiger partial charge in [0.1, 0.15) is 0 Å².